The van der Waals surface area contributed by atoms with Gasteiger partial charge in [-0.2, -0.15) is 13.2 Å². The van der Waals surface area contributed by atoms with Gasteiger partial charge in [0.2, 0.25) is 0 Å². The number of amides is 1. The summed E-state index contributed by atoms with van der Waals surface area (Å²) in [4.78, 5) is 24.5. The first-order valence-corrected chi connectivity index (χ1v) is 8.57. The lowest BCUT2D eigenvalue weighted by atomic mass is 9.83. The number of para-hydroxylation sites is 1. The van der Waals surface area contributed by atoms with Crippen LogP contribution in [0.1, 0.15) is 35.5 Å². The zero-order valence-corrected chi connectivity index (χ0v) is 15.3. The molecule has 2 aromatic carbocycles. The number of hydrogen-bond donors (Lipinski definition) is 1. The summed E-state index contributed by atoms with van der Waals surface area (Å²) < 4.78 is 44.3. The Hall–Kier alpha value is -3.09. The lowest BCUT2D eigenvalue weighted by molar-refractivity contribution is -0.137. The van der Waals surface area contributed by atoms with Gasteiger partial charge in [-0.25, -0.2) is 0 Å². The first kappa shape index (κ1) is 19.7. The van der Waals surface area contributed by atoms with E-state index in [-0.39, 0.29) is 23.3 Å². The average molecular weight is 389 g/mol. The monoisotopic (exact) mass is 389 g/mol. The number of nitrogens with one attached hydrogen (secondary N) is 1. The molecule has 3 aromatic rings. The number of carbonyl (C=O) groups excluding carboxylic acids is 1. The van der Waals surface area contributed by atoms with Crippen molar-refractivity contribution in [2.24, 2.45) is 0 Å². The van der Waals surface area contributed by atoms with Gasteiger partial charge in [-0.15, -0.1) is 0 Å². The number of rotatable bonds is 4. The van der Waals surface area contributed by atoms with E-state index in [1.165, 1.54) is 6.07 Å². The Morgan fingerprint density at radius 1 is 1.00 bits per heavy atom. The molecule has 1 aromatic heterocycles. The van der Waals surface area contributed by atoms with Crippen LogP contribution in [0.3, 0.4) is 0 Å². The second-order valence-electron chi connectivity index (χ2n) is 7.12. The lowest BCUT2D eigenvalue weighted by Crippen LogP contribution is -2.37. The van der Waals surface area contributed by atoms with Crippen molar-refractivity contribution >= 4 is 16.9 Å². The standard InChI is InChI=1S/C21H18F3NO3/c1-20(2,13-6-5-7-14(10-13)21(22,23)24)12-25-19(27)18-11-16(26)15-8-3-4-9-17(15)28-18/h3-11H,12H2,1-2H3,(H,25,27). The topological polar surface area (TPSA) is 59.3 Å². The van der Waals surface area contributed by atoms with Gasteiger partial charge in [0.25, 0.3) is 5.91 Å². The van der Waals surface area contributed by atoms with Gasteiger partial charge in [0.05, 0.1) is 10.9 Å². The molecule has 3 rings (SSSR count). The summed E-state index contributed by atoms with van der Waals surface area (Å²) >= 11 is 0. The van der Waals surface area contributed by atoms with Crippen molar-refractivity contribution in [2.45, 2.75) is 25.4 Å². The van der Waals surface area contributed by atoms with Crippen LogP contribution in [-0.4, -0.2) is 12.5 Å². The van der Waals surface area contributed by atoms with Crippen LogP contribution in [0, 0.1) is 0 Å². The quantitative estimate of drug-likeness (QED) is 0.714. The van der Waals surface area contributed by atoms with Crippen molar-refractivity contribution in [1.29, 1.82) is 0 Å². The Bertz CT molecular complexity index is 1080. The number of carbonyl (C=O) groups is 1. The van der Waals surface area contributed by atoms with Gasteiger partial charge in [0.15, 0.2) is 11.2 Å². The number of halogens is 3. The highest BCUT2D eigenvalue weighted by atomic mass is 19.4. The smallest absolute Gasteiger partial charge is 0.416 e. The minimum Gasteiger partial charge on any atom is -0.451 e. The fraction of sp³-hybridized carbons (Fsp3) is 0.238. The van der Waals surface area contributed by atoms with E-state index in [0.717, 1.165) is 18.2 Å². The van der Waals surface area contributed by atoms with Gasteiger partial charge in [0, 0.05) is 18.0 Å². The summed E-state index contributed by atoms with van der Waals surface area (Å²) in [6.45, 7) is 3.50. The van der Waals surface area contributed by atoms with Gasteiger partial charge >= 0.3 is 6.18 Å². The molecule has 0 unspecified atom stereocenters. The average Bonchev–Trinajstić information content (AvgIpc) is 2.65. The van der Waals surface area contributed by atoms with Crippen molar-refractivity contribution in [3.63, 3.8) is 0 Å². The molecule has 0 saturated carbocycles. The van der Waals surface area contributed by atoms with E-state index in [4.69, 9.17) is 4.42 Å². The minimum atomic E-state index is -4.44. The van der Waals surface area contributed by atoms with Gasteiger partial charge in [-0.1, -0.05) is 44.2 Å². The van der Waals surface area contributed by atoms with Crippen molar-refractivity contribution in [3.05, 3.63) is 81.7 Å². The molecule has 1 amide bonds. The molecule has 0 saturated heterocycles. The molecule has 4 nitrogen and oxygen atoms in total. The number of benzene rings is 2. The predicted molar refractivity (Wildman–Crippen MR) is 99.3 cm³/mol. The summed E-state index contributed by atoms with van der Waals surface area (Å²) in [7, 11) is 0. The van der Waals surface area contributed by atoms with Crippen LogP contribution < -0.4 is 10.7 Å². The lowest BCUT2D eigenvalue weighted by Gasteiger charge is -2.26. The van der Waals surface area contributed by atoms with Crippen LogP contribution in [-0.2, 0) is 11.6 Å². The molecule has 0 atom stereocenters. The largest absolute Gasteiger partial charge is 0.451 e. The molecule has 7 heteroatoms. The normalized spacial score (nSPS) is 12.2. The summed E-state index contributed by atoms with van der Waals surface area (Å²) in [5, 5.41) is 3.00. The van der Waals surface area contributed by atoms with Gasteiger partial charge in [-0.3, -0.25) is 9.59 Å². The zero-order chi connectivity index (χ0) is 20.5. The second-order valence-corrected chi connectivity index (χ2v) is 7.12. The summed E-state index contributed by atoms with van der Waals surface area (Å²) in [6.07, 6.45) is -4.44. The van der Waals surface area contributed by atoms with E-state index in [0.29, 0.717) is 10.9 Å². The molecule has 0 aliphatic rings. The van der Waals surface area contributed by atoms with Crippen molar-refractivity contribution in [2.75, 3.05) is 6.54 Å². The molecular formula is C21H18F3NO3. The van der Waals surface area contributed by atoms with Crippen LogP contribution in [0.15, 0.2) is 63.8 Å². The fourth-order valence-electron chi connectivity index (χ4n) is 2.82. The fourth-order valence-corrected chi connectivity index (χ4v) is 2.82. The Morgan fingerprint density at radius 2 is 1.68 bits per heavy atom. The van der Waals surface area contributed by atoms with Crippen molar-refractivity contribution in [1.82, 2.24) is 5.32 Å². The second kappa shape index (κ2) is 7.14. The molecule has 0 radical (unpaired) electrons. The summed E-state index contributed by atoms with van der Waals surface area (Å²) in [5.74, 6) is -0.758. The molecule has 28 heavy (non-hydrogen) atoms. The van der Waals surface area contributed by atoms with E-state index in [9.17, 15) is 22.8 Å². The number of fused-ring (bicyclic) bond motifs is 1. The molecular weight excluding hydrogens is 371 g/mol. The highest BCUT2D eigenvalue weighted by Gasteiger charge is 2.32. The number of hydrogen-bond acceptors (Lipinski definition) is 3. The van der Waals surface area contributed by atoms with Crippen LogP contribution >= 0.6 is 0 Å². The Balaban J connectivity index is 1.79. The third kappa shape index (κ3) is 4.08. The minimum absolute atomic E-state index is 0.0592. The van der Waals surface area contributed by atoms with Gasteiger partial charge in [-0.05, 0) is 23.8 Å². The van der Waals surface area contributed by atoms with E-state index >= 15 is 0 Å². The third-order valence-electron chi connectivity index (χ3n) is 4.52. The summed E-state index contributed by atoms with van der Waals surface area (Å²) in [5.41, 5.74) is -1.14. The predicted octanol–water partition coefficient (Wildman–Crippen LogP) is 4.52. The first-order valence-electron chi connectivity index (χ1n) is 8.57. The van der Waals surface area contributed by atoms with E-state index in [2.05, 4.69) is 5.32 Å². The van der Waals surface area contributed by atoms with Crippen molar-refractivity contribution < 1.29 is 22.4 Å². The maximum Gasteiger partial charge on any atom is 0.416 e. The molecule has 0 aliphatic carbocycles. The van der Waals surface area contributed by atoms with E-state index in [1.807, 2.05) is 0 Å². The number of alkyl halides is 3. The van der Waals surface area contributed by atoms with Crippen LogP contribution in [0.5, 0.6) is 0 Å². The summed E-state index contributed by atoms with van der Waals surface area (Å²) in [6, 6.07) is 12.7. The molecule has 0 fully saturated rings. The van der Waals surface area contributed by atoms with Crippen LogP contribution in [0.4, 0.5) is 13.2 Å². The van der Waals surface area contributed by atoms with Crippen LogP contribution in [0.25, 0.3) is 11.0 Å². The zero-order valence-electron chi connectivity index (χ0n) is 15.3. The first-order chi connectivity index (χ1) is 13.1. The third-order valence-corrected chi connectivity index (χ3v) is 4.52. The molecule has 1 heterocycles. The molecule has 1 N–H and O–H groups in total. The SMILES string of the molecule is CC(C)(CNC(=O)c1cc(=O)c2ccccc2o1)c1cccc(C(F)(F)F)c1. The molecule has 0 bridgehead atoms. The van der Waals surface area contributed by atoms with E-state index in [1.54, 1.807) is 44.2 Å². The Kier molecular flexibility index (Phi) is 5.02. The molecule has 146 valence electrons. The van der Waals surface area contributed by atoms with Crippen molar-refractivity contribution in [3.8, 4) is 0 Å². The molecule has 0 spiro atoms. The maximum atomic E-state index is 12.9. The highest BCUT2D eigenvalue weighted by Crippen LogP contribution is 2.32. The van der Waals surface area contributed by atoms with Gasteiger partial charge in [0.1, 0.15) is 5.58 Å². The Labute approximate surface area is 159 Å². The van der Waals surface area contributed by atoms with Crippen LogP contribution in [0.2, 0.25) is 0 Å². The highest BCUT2D eigenvalue weighted by molar-refractivity contribution is 5.93. The molecule has 0 aliphatic heterocycles. The van der Waals surface area contributed by atoms with E-state index < -0.39 is 23.1 Å². The van der Waals surface area contributed by atoms with Gasteiger partial charge < -0.3 is 9.73 Å². The Morgan fingerprint density at radius 3 is 2.39 bits per heavy atom. The maximum absolute atomic E-state index is 12.9.